The van der Waals surface area contributed by atoms with Gasteiger partial charge in [-0.05, 0) is 30.7 Å². The van der Waals surface area contributed by atoms with E-state index in [1.54, 1.807) is 0 Å². The number of carbonyl (C=O) groups excluding carboxylic acids is 1. The summed E-state index contributed by atoms with van der Waals surface area (Å²) in [5.41, 5.74) is -0.404. The summed E-state index contributed by atoms with van der Waals surface area (Å²) in [6.07, 6.45) is 0.752. The van der Waals surface area contributed by atoms with Crippen molar-refractivity contribution in [2.75, 3.05) is 17.2 Å². The van der Waals surface area contributed by atoms with Crippen LogP contribution >= 0.6 is 0 Å². The van der Waals surface area contributed by atoms with Crippen molar-refractivity contribution in [1.82, 2.24) is 9.55 Å². The Hall–Kier alpha value is -3.34. The van der Waals surface area contributed by atoms with Crippen molar-refractivity contribution in [3.8, 4) is 6.07 Å². The Kier molecular flexibility index (Phi) is 3.68. The Labute approximate surface area is 130 Å². The predicted octanol–water partition coefficient (Wildman–Crippen LogP) is 0.476. The van der Waals surface area contributed by atoms with Gasteiger partial charge in [-0.3, -0.25) is 19.1 Å². The molecule has 8 nitrogen and oxygen atoms in total. The number of amides is 1. The Morgan fingerprint density at radius 1 is 1.26 bits per heavy atom. The molecule has 0 fully saturated rings. The molecule has 0 saturated heterocycles. The molecule has 0 bridgehead atoms. The molecule has 23 heavy (non-hydrogen) atoms. The zero-order chi connectivity index (χ0) is 16.4. The molecule has 0 atom stereocenters. The minimum Gasteiger partial charge on any atom is -0.369 e. The number of rotatable bonds is 2. The van der Waals surface area contributed by atoms with Crippen molar-refractivity contribution in [3.05, 3.63) is 56.2 Å². The first-order valence-electron chi connectivity index (χ1n) is 7.02. The van der Waals surface area contributed by atoms with E-state index in [4.69, 9.17) is 5.26 Å². The maximum atomic E-state index is 12.3. The van der Waals surface area contributed by atoms with Gasteiger partial charge in [0.05, 0.1) is 11.6 Å². The number of hydrogen-bond donors (Lipinski definition) is 3. The van der Waals surface area contributed by atoms with Crippen molar-refractivity contribution in [1.29, 1.82) is 5.26 Å². The summed E-state index contributed by atoms with van der Waals surface area (Å²) in [4.78, 5) is 38.3. The molecule has 3 N–H and O–H groups in total. The number of carbonyl (C=O) groups is 1. The number of aromatic nitrogens is 2. The number of benzene rings is 1. The zero-order valence-electron chi connectivity index (χ0n) is 12.0. The number of anilines is 2. The molecule has 0 saturated carbocycles. The Morgan fingerprint density at radius 2 is 2.00 bits per heavy atom. The van der Waals surface area contributed by atoms with Gasteiger partial charge in [0.25, 0.3) is 11.5 Å². The van der Waals surface area contributed by atoms with E-state index in [9.17, 15) is 14.4 Å². The van der Waals surface area contributed by atoms with Crippen LogP contribution in [0.5, 0.6) is 0 Å². The third-order valence-electron chi connectivity index (χ3n) is 3.57. The highest BCUT2D eigenvalue weighted by atomic mass is 16.2. The van der Waals surface area contributed by atoms with Gasteiger partial charge in [-0.1, -0.05) is 0 Å². The van der Waals surface area contributed by atoms with E-state index in [2.05, 4.69) is 15.6 Å². The lowest BCUT2D eigenvalue weighted by molar-refractivity contribution is 0.102. The van der Waals surface area contributed by atoms with Gasteiger partial charge in [0, 0.05) is 18.7 Å². The highest BCUT2D eigenvalue weighted by Crippen LogP contribution is 2.19. The van der Waals surface area contributed by atoms with Gasteiger partial charge in [-0.25, -0.2) is 4.79 Å². The fourth-order valence-electron chi connectivity index (χ4n) is 2.41. The SMILES string of the molecule is N#Cc1ccc(C(=O)Nc2c3n(c(=O)[nH]c2=O)CCCN3)cc1. The largest absolute Gasteiger partial charge is 0.369 e. The fourth-order valence-corrected chi connectivity index (χ4v) is 2.41. The smallest absolute Gasteiger partial charge is 0.330 e. The number of nitrogens with one attached hydrogen (secondary N) is 3. The molecule has 2 aromatic rings. The average molecular weight is 311 g/mol. The van der Waals surface area contributed by atoms with Crippen LogP contribution < -0.4 is 21.9 Å². The number of hydrogen-bond acceptors (Lipinski definition) is 5. The molecule has 2 heterocycles. The molecule has 0 spiro atoms. The van der Waals surface area contributed by atoms with Crippen molar-refractivity contribution < 1.29 is 4.79 Å². The molecule has 8 heteroatoms. The van der Waals surface area contributed by atoms with Crippen LogP contribution in [0.2, 0.25) is 0 Å². The zero-order valence-corrected chi connectivity index (χ0v) is 12.0. The molecule has 1 aliphatic heterocycles. The normalized spacial score (nSPS) is 12.7. The number of aromatic amines is 1. The van der Waals surface area contributed by atoms with Crippen LogP contribution in [0.4, 0.5) is 11.5 Å². The van der Waals surface area contributed by atoms with Crippen LogP contribution in [0.3, 0.4) is 0 Å². The molecule has 1 aromatic heterocycles. The summed E-state index contributed by atoms with van der Waals surface area (Å²) in [6.45, 7) is 1.08. The lowest BCUT2D eigenvalue weighted by Gasteiger charge is -2.21. The van der Waals surface area contributed by atoms with Crippen LogP contribution in [0.1, 0.15) is 22.3 Å². The molecule has 0 aliphatic carbocycles. The van der Waals surface area contributed by atoms with E-state index in [-0.39, 0.29) is 5.69 Å². The van der Waals surface area contributed by atoms with Gasteiger partial charge in [0.1, 0.15) is 11.5 Å². The molecule has 3 rings (SSSR count). The van der Waals surface area contributed by atoms with Crippen molar-refractivity contribution in [2.45, 2.75) is 13.0 Å². The number of nitriles is 1. The maximum absolute atomic E-state index is 12.3. The topological polar surface area (TPSA) is 120 Å². The van der Waals surface area contributed by atoms with E-state index in [1.165, 1.54) is 28.8 Å². The second kappa shape index (κ2) is 5.81. The molecular formula is C15H13N5O3. The lowest BCUT2D eigenvalue weighted by Crippen LogP contribution is -2.37. The standard InChI is InChI=1S/C15H13N5O3/c16-8-9-2-4-10(5-3-9)13(21)18-11-12-17-6-1-7-20(12)15(23)19-14(11)22/h2-5,17H,1,6-7H2,(H,18,21)(H,19,22,23). The van der Waals surface area contributed by atoms with Crippen molar-refractivity contribution in [3.63, 3.8) is 0 Å². The van der Waals surface area contributed by atoms with Crippen molar-refractivity contribution >= 4 is 17.4 Å². The fraction of sp³-hybridized carbons (Fsp3) is 0.200. The van der Waals surface area contributed by atoms with Crippen LogP contribution in [-0.2, 0) is 6.54 Å². The molecule has 116 valence electrons. The van der Waals surface area contributed by atoms with Gasteiger partial charge >= 0.3 is 5.69 Å². The molecule has 0 radical (unpaired) electrons. The first kappa shape index (κ1) is 14.6. The highest BCUT2D eigenvalue weighted by Gasteiger charge is 2.19. The summed E-state index contributed by atoms with van der Waals surface area (Å²) in [6, 6.07) is 7.99. The first-order valence-corrected chi connectivity index (χ1v) is 7.02. The maximum Gasteiger partial charge on any atom is 0.330 e. The molecule has 0 unspecified atom stereocenters. The highest BCUT2D eigenvalue weighted by molar-refractivity contribution is 6.05. The second-order valence-corrected chi connectivity index (χ2v) is 5.06. The Bertz CT molecular complexity index is 918. The summed E-state index contributed by atoms with van der Waals surface area (Å²) in [5, 5.41) is 14.3. The summed E-state index contributed by atoms with van der Waals surface area (Å²) >= 11 is 0. The average Bonchev–Trinajstić information content (AvgIpc) is 2.58. The third-order valence-corrected chi connectivity index (χ3v) is 3.57. The molecule has 1 aromatic carbocycles. The van der Waals surface area contributed by atoms with Gasteiger partial charge < -0.3 is 10.6 Å². The molecule has 1 aliphatic rings. The van der Waals surface area contributed by atoms with Crippen LogP contribution in [0.25, 0.3) is 0 Å². The Morgan fingerprint density at radius 3 is 2.70 bits per heavy atom. The van der Waals surface area contributed by atoms with E-state index >= 15 is 0 Å². The van der Waals surface area contributed by atoms with E-state index in [0.29, 0.717) is 30.0 Å². The summed E-state index contributed by atoms with van der Waals surface area (Å²) in [5.74, 6) is -0.180. The van der Waals surface area contributed by atoms with E-state index in [0.717, 1.165) is 6.42 Å². The quantitative estimate of drug-likeness (QED) is 0.745. The number of fused-ring (bicyclic) bond motifs is 1. The summed E-state index contributed by atoms with van der Waals surface area (Å²) in [7, 11) is 0. The van der Waals surface area contributed by atoms with E-state index < -0.39 is 17.2 Å². The van der Waals surface area contributed by atoms with Crippen molar-refractivity contribution in [2.24, 2.45) is 0 Å². The minimum absolute atomic E-state index is 0.0126. The summed E-state index contributed by atoms with van der Waals surface area (Å²) < 4.78 is 1.39. The Balaban J connectivity index is 1.96. The third kappa shape index (κ3) is 2.72. The van der Waals surface area contributed by atoms with Crippen LogP contribution in [0, 0.1) is 11.3 Å². The van der Waals surface area contributed by atoms with Crippen LogP contribution in [-0.4, -0.2) is 22.0 Å². The van der Waals surface area contributed by atoms with Gasteiger partial charge in [-0.2, -0.15) is 5.26 Å². The van der Waals surface area contributed by atoms with Gasteiger partial charge in [-0.15, -0.1) is 0 Å². The lowest BCUT2D eigenvalue weighted by atomic mass is 10.1. The number of H-pyrrole nitrogens is 1. The van der Waals surface area contributed by atoms with Gasteiger partial charge in [0.15, 0.2) is 0 Å². The predicted molar refractivity (Wildman–Crippen MR) is 83.5 cm³/mol. The molecule has 1 amide bonds. The first-order chi connectivity index (χ1) is 11.1. The monoisotopic (exact) mass is 311 g/mol. The van der Waals surface area contributed by atoms with Gasteiger partial charge in [0.2, 0.25) is 0 Å². The second-order valence-electron chi connectivity index (χ2n) is 5.06. The molecular weight excluding hydrogens is 298 g/mol. The number of nitrogens with zero attached hydrogens (tertiary/aromatic N) is 2. The van der Waals surface area contributed by atoms with Crippen LogP contribution in [0.15, 0.2) is 33.9 Å². The van der Waals surface area contributed by atoms with E-state index in [1.807, 2.05) is 6.07 Å². The minimum atomic E-state index is -0.655.